The van der Waals surface area contributed by atoms with Crippen LogP contribution in [0.2, 0.25) is 0 Å². The monoisotopic (exact) mass is 502 g/mol. The Hall–Kier alpha value is 1.08. The number of benzene rings is 1. The third-order valence-electron chi connectivity index (χ3n) is 1.69. The molecule has 0 heterocycles. The van der Waals surface area contributed by atoms with Crippen molar-refractivity contribution >= 4 is 75.7 Å². The van der Waals surface area contributed by atoms with E-state index < -0.39 is 11.9 Å². The van der Waals surface area contributed by atoms with E-state index in [2.05, 4.69) is 63.7 Å². The van der Waals surface area contributed by atoms with Gasteiger partial charge < -0.3 is 11.6 Å². The zero-order chi connectivity index (χ0) is 12.6. The molecule has 0 amide bonds. The number of carboxylic acids is 2. The Bertz CT molecular complexity index is 464. The van der Waals surface area contributed by atoms with Crippen LogP contribution in [0.4, 0.5) is 0 Å². The van der Waals surface area contributed by atoms with Crippen LogP contribution in [0.5, 0.6) is 0 Å². The molecule has 1 aromatic carbocycles. The second-order valence-corrected chi connectivity index (χ2v) is 5.79. The number of rotatable bonds is 2. The van der Waals surface area contributed by atoms with Crippen molar-refractivity contribution in [2.45, 2.75) is 0 Å². The van der Waals surface area contributed by atoms with E-state index in [1.54, 1.807) is 0 Å². The molecule has 0 aliphatic heterocycles. The van der Waals surface area contributed by atoms with Gasteiger partial charge in [-0.05, 0) is 63.7 Å². The maximum Gasteiger partial charge on any atom is 1.00 e. The molecule has 0 fully saturated rings. The second kappa shape index (κ2) is 7.02. The van der Waals surface area contributed by atoms with Gasteiger partial charge in [-0.25, -0.2) is 9.59 Å². The first kappa shape index (κ1) is 18.1. The molecule has 0 saturated carbocycles. The van der Waals surface area contributed by atoms with Crippen LogP contribution in [0.1, 0.15) is 22.1 Å². The number of aromatic carboxylic acids is 2. The van der Waals surface area contributed by atoms with E-state index in [9.17, 15) is 9.59 Å². The largest absolute Gasteiger partial charge is 1.00 e. The van der Waals surface area contributed by atoms with Crippen molar-refractivity contribution in [1.82, 2.24) is 0 Å². The molecule has 1 aromatic rings. The molecule has 0 radical (unpaired) electrons. The van der Waals surface area contributed by atoms with E-state index in [4.69, 9.17) is 10.2 Å². The minimum Gasteiger partial charge on any atom is -1.00 e. The Morgan fingerprint density at radius 3 is 1.18 bits per heavy atom. The smallest absolute Gasteiger partial charge is 1.00 e. The average molecular weight is 506 g/mol. The Balaban J connectivity index is 0. The standard InChI is InChI=1S/C8H2Br4O4.Na.H/c9-3-1(7(13)14)2(8(15)16)4(10)6(12)5(3)11;;/h(H,13,14)(H,15,16);;/q;+1;-1. The van der Waals surface area contributed by atoms with E-state index in [-0.39, 0.29) is 51.1 Å². The van der Waals surface area contributed by atoms with E-state index in [1.807, 2.05) is 0 Å². The number of carboxylic acid groups (broad SMARTS) is 2. The quantitative estimate of drug-likeness (QED) is 0.361. The van der Waals surface area contributed by atoms with Crippen molar-refractivity contribution in [3.05, 3.63) is 29.0 Å². The second-order valence-electron chi connectivity index (χ2n) is 2.62. The summed E-state index contributed by atoms with van der Waals surface area (Å²) in [6.45, 7) is 0. The van der Waals surface area contributed by atoms with Crippen molar-refractivity contribution in [2.75, 3.05) is 0 Å². The van der Waals surface area contributed by atoms with Crippen molar-refractivity contribution < 1.29 is 50.8 Å². The average Bonchev–Trinajstić information content (AvgIpc) is 2.18. The number of carbonyl (C=O) groups is 2. The Labute approximate surface area is 153 Å². The summed E-state index contributed by atoms with van der Waals surface area (Å²) in [5.74, 6) is -2.64. The van der Waals surface area contributed by atoms with Crippen molar-refractivity contribution in [1.29, 1.82) is 0 Å². The van der Waals surface area contributed by atoms with Crippen LogP contribution in [0.3, 0.4) is 0 Å². The van der Waals surface area contributed by atoms with Gasteiger partial charge >= 0.3 is 41.5 Å². The zero-order valence-electron chi connectivity index (χ0n) is 9.22. The number of hydrogen-bond acceptors (Lipinski definition) is 2. The zero-order valence-corrected chi connectivity index (χ0v) is 16.6. The summed E-state index contributed by atoms with van der Waals surface area (Å²) in [5.41, 5.74) is -0.621. The summed E-state index contributed by atoms with van der Waals surface area (Å²) in [4.78, 5) is 22.0. The van der Waals surface area contributed by atoms with E-state index in [1.165, 1.54) is 0 Å². The summed E-state index contributed by atoms with van der Waals surface area (Å²) in [6.07, 6.45) is 0. The van der Waals surface area contributed by atoms with Crippen LogP contribution < -0.4 is 29.6 Å². The minimum absolute atomic E-state index is 0. The molecule has 0 saturated heterocycles. The van der Waals surface area contributed by atoms with Gasteiger partial charge in [-0.1, -0.05) is 0 Å². The fraction of sp³-hybridized carbons (Fsp3) is 0. The van der Waals surface area contributed by atoms with Gasteiger partial charge in [0.2, 0.25) is 0 Å². The molecule has 0 aliphatic rings. The summed E-state index contributed by atoms with van der Waals surface area (Å²) < 4.78 is 1.21. The van der Waals surface area contributed by atoms with Crippen molar-refractivity contribution in [2.24, 2.45) is 0 Å². The summed E-state index contributed by atoms with van der Waals surface area (Å²) in [5, 5.41) is 18.0. The predicted molar refractivity (Wildman–Crippen MR) is 72.3 cm³/mol. The molecule has 88 valence electrons. The molecule has 0 aliphatic carbocycles. The van der Waals surface area contributed by atoms with Gasteiger partial charge in [0.05, 0.1) is 11.1 Å². The first-order valence-corrected chi connectivity index (χ1v) is 6.78. The van der Waals surface area contributed by atoms with Crippen LogP contribution >= 0.6 is 63.7 Å². The third-order valence-corrected chi connectivity index (χ3v) is 6.46. The van der Waals surface area contributed by atoms with Gasteiger partial charge in [0.1, 0.15) is 0 Å². The fourth-order valence-corrected chi connectivity index (χ4v) is 3.49. The van der Waals surface area contributed by atoms with Gasteiger partial charge in [-0.2, -0.15) is 0 Å². The van der Waals surface area contributed by atoms with Crippen LogP contribution in [0.15, 0.2) is 17.9 Å². The van der Waals surface area contributed by atoms with Crippen LogP contribution in [-0.4, -0.2) is 22.2 Å². The summed E-state index contributed by atoms with van der Waals surface area (Å²) in [7, 11) is 0. The first-order valence-electron chi connectivity index (χ1n) is 3.61. The molecule has 4 nitrogen and oxygen atoms in total. The maximum absolute atomic E-state index is 11.0. The number of hydrogen-bond donors (Lipinski definition) is 2. The molecule has 2 N–H and O–H groups in total. The Kier molecular flexibility index (Phi) is 7.47. The third kappa shape index (κ3) is 3.55. The molecular weight excluding hydrogens is 503 g/mol. The molecule has 17 heavy (non-hydrogen) atoms. The van der Waals surface area contributed by atoms with Crippen LogP contribution in [0.25, 0.3) is 0 Å². The molecular formula is C8H3Br4NaO4. The Morgan fingerprint density at radius 2 is 1.00 bits per heavy atom. The first-order chi connectivity index (χ1) is 7.29. The molecule has 0 unspecified atom stereocenters. The van der Waals surface area contributed by atoms with E-state index >= 15 is 0 Å². The van der Waals surface area contributed by atoms with Gasteiger partial charge in [0, 0.05) is 17.9 Å². The fourth-order valence-electron chi connectivity index (χ4n) is 1.03. The Morgan fingerprint density at radius 1 is 0.765 bits per heavy atom. The molecule has 1 rings (SSSR count). The minimum atomic E-state index is -1.32. The summed E-state index contributed by atoms with van der Waals surface area (Å²) in [6, 6.07) is 0. The normalized spacial score (nSPS) is 9.65. The van der Waals surface area contributed by atoms with E-state index in [0.29, 0.717) is 8.95 Å². The van der Waals surface area contributed by atoms with Gasteiger partial charge in [-0.15, -0.1) is 0 Å². The molecule has 0 bridgehead atoms. The van der Waals surface area contributed by atoms with Crippen molar-refractivity contribution in [3.63, 3.8) is 0 Å². The number of halogens is 4. The predicted octanol–water partition coefficient (Wildman–Crippen LogP) is 1.25. The van der Waals surface area contributed by atoms with Crippen LogP contribution in [-0.2, 0) is 0 Å². The van der Waals surface area contributed by atoms with Crippen molar-refractivity contribution in [3.8, 4) is 0 Å². The summed E-state index contributed by atoms with van der Waals surface area (Å²) >= 11 is 12.4. The van der Waals surface area contributed by atoms with Gasteiger partial charge in [0.25, 0.3) is 0 Å². The maximum atomic E-state index is 11.0. The van der Waals surface area contributed by atoms with Gasteiger partial charge in [0.15, 0.2) is 0 Å². The molecule has 9 heteroatoms. The van der Waals surface area contributed by atoms with Crippen LogP contribution in [0, 0.1) is 0 Å². The topological polar surface area (TPSA) is 74.6 Å². The SMILES string of the molecule is O=C(O)c1c(Br)c(Br)c(Br)c(Br)c1C(=O)O.[H-].[Na+]. The molecule has 0 atom stereocenters. The molecule has 0 aromatic heterocycles. The van der Waals surface area contributed by atoms with E-state index in [0.717, 1.165) is 0 Å². The molecule has 0 spiro atoms. The van der Waals surface area contributed by atoms with Gasteiger partial charge in [-0.3, -0.25) is 0 Å².